The molecule has 2 heterocycles. The van der Waals surface area contributed by atoms with E-state index in [0.29, 0.717) is 6.10 Å². The second-order valence-corrected chi connectivity index (χ2v) is 6.04. The van der Waals surface area contributed by atoms with Crippen LogP contribution in [-0.4, -0.2) is 43.7 Å². The number of ether oxygens (including phenoxy) is 1. The molecule has 1 N–H and O–H groups in total. The summed E-state index contributed by atoms with van der Waals surface area (Å²) in [4.78, 5) is 2.52. The third-order valence-electron chi connectivity index (χ3n) is 4.30. The van der Waals surface area contributed by atoms with Crippen molar-refractivity contribution in [2.45, 2.75) is 26.4 Å². The molecule has 2 saturated heterocycles. The third kappa shape index (κ3) is 2.93. The number of rotatable bonds is 4. The minimum absolute atomic E-state index is 0.383. The van der Waals surface area contributed by atoms with Gasteiger partial charge in [0.15, 0.2) is 0 Å². The minimum atomic E-state index is 0.383. The monoisotopic (exact) mass is 260 g/mol. The molecule has 3 heteroatoms. The molecule has 1 atom stereocenters. The first-order valence-electron chi connectivity index (χ1n) is 7.38. The van der Waals surface area contributed by atoms with Gasteiger partial charge in [0, 0.05) is 19.6 Å². The Balaban J connectivity index is 1.48. The quantitative estimate of drug-likeness (QED) is 0.896. The topological polar surface area (TPSA) is 24.5 Å². The number of hydrogen-bond acceptors (Lipinski definition) is 3. The van der Waals surface area contributed by atoms with Gasteiger partial charge in [0.1, 0.15) is 11.9 Å². The van der Waals surface area contributed by atoms with E-state index in [1.165, 1.54) is 37.2 Å². The number of nitrogens with zero attached hydrogens (tertiary/aromatic N) is 1. The summed E-state index contributed by atoms with van der Waals surface area (Å²) in [5.74, 6) is 1.94. The van der Waals surface area contributed by atoms with Gasteiger partial charge in [0.25, 0.3) is 0 Å². The lowest BCUT2D eigenvalue weighted by atomic mass is 10.0. The third-order valence-corrected chi connectivity index (χ3v) is 4.30. The minimum Gasteiger partial charge on any atom is -0.487 e. The van der Waals surface area contributed by atoms with Crippen molar-refractivity contribution in [2.75, 3.05) is 32.7 Å². The maximum Gasteiger partial charge on any atom is 0.125 e. The Morgan fingerprint density at radius 3 is 2.63 bits per heavy atom. The van der Waals surface area contributed by atoms with Gasteiger partial charge < -0.3 is 10.1 Å². The number of nitrogens with one attached hydrogen (secondary N) is 1. The zero-order chi connectivity index (χ0) is 13.2. The first-order valence-corrected chi connectivity index (χ1v) is 7.38. The molecule has 19 heavy (non-hydrogen) atoms. The van der Waals surface area contributed by atoms with Crippen LogP contribution in [0.15, 0.2) is 18.2 Å². The van der Waals surface area contributed by atoms with E-state index in [4.69, 9.17) is 4.74 Å². The SMILES string of the molecule is Cc1cccc(C)c1OC1CN(C[C@@H]2CCNC2)C1. The first kappa shape index (κ1) is 12.9. The van der Waals surface area contributed by atoms with Gasteiger partial charge in [0.2, 0.25) is 0 Å². The van der Waals surface area contributed by atoms with Crippen molar-refractivity contribution >= 4 is 0 Å². The zero-order valence-electron chi connectivity index (χ0n) is 12.0. The van der Waals surface area contributed by atoms with Crippen molar-refractivity contribution in [1.29, 1.82) is 0 Å². The lowest BCUT2D eigenvalue weighted by Crippen LogP contribution is -2.55. The molecule has 0 aromatic heterocycles. The molecule has 2 aliphatic heterocycles. The first-order chi connectivity index (χ1) is 9.22. The summed E-state index contributed by atoms with van der Waals surface area (Å²) < 4.78 is 6.15. The van der Waals surface area contributed by atoms with Gasteiger partial charge >= 0.3 is 0 Å². The number of aryl methyl sites for hydroxylation is 2. The van der Waals surface area contributed by atoms with E-state index < -0.39 is 0 Å². The molecule has 104 valence electrons. The molecular weight excluding hydrogens is 236 g/mol. The summed E-state index contributed by atoms with van der Waals surface area (Å²) in [6.07, 6.45) is 1.72. The van der Waals surface area contributed by atoms with E-state index in [-0.39, 0.29) is 0 Å². The summed E-state index contributed by atoms with van der Waals surface area (Å²) in [6.45, 7) is 10.1. The molecule has 2 aliphatic rings. The van der Waals surface area contributed by atoms with Gasteiger partial charge in [0.05, 0.1) is 0 Å². The van der Waals surface area contributed by atoms with Crippen LogP contribution in [-0.2, 0) is 0 Å². The molecule has 3 rings (SSSR count). The largest absolute Gasteiger partial charge is 0.487 e. The second-order valence-electron chi connectivity index (χ2n) is 6.04. The molecular formula is C16H24N2O. The van der Waals surface area contributed by atoms with Crippen LogP contribution in [0.2, 0.25) is 0 Å². The van der Waals surface area contributed by atoms with E-state index >= 15 is 0 Å². The lowest BCUT2D eigenvalue weighted by molar-refractivity contribution is 0.0110. The highest BCUT2D eigenvalue weighted by atomic mass is 16.5. The molecule has 0 saturated carbocycles. The van der Waals surface area contributed by atoms with Gasteiger partial charge in [-0.15, -0.1) is 0 Å². The summed E-state index contributed by atoms with van der Waals surface area (Å²) in [7, 11) is 0. The highest BCUT2D eigenvalue weighted by molar-refractivity contribution is 5.40. The molecule has 3 nitrogen and oxygen atoms in total. The molecule has 0 bridgehead atoms. The van der Waals surface area contributed by atoms with Gasteiger partial charge in [-0.25, -0.2) is 0 Å². The molecule has 1 aromatic carbocycles. The lowest BCUT2D eigenvalue weighted by Gasteiger charge is -2.40. The van der Waals surface area contributed by atoms with E-state index in [9.17, 15) is 0 Å². The summed E-state index contributed by atoms with van der Waals surface area (Å²) in [6, 6.07) is 6.35. The second kappa shape index (κ2) is 5.51. The zero-order valence-corrected chi connectivity index (χ0v) is 12.0. The number of hydrogen-bond donors (Lipinski definition) is 1. The van der Waals surface area contributed by atoms with Gasteiger partial charge in [-0.05, 0) is 50.4 Å². The molecule has 0 amide bonds. The van der Waals surface area contributed by atoms with E-state index in [1.54, 1.807) is 0 Å². The predicted molar refractivity (Wildman–Crippen MR) is 77.7 cm³/mol. The van der Waals surface area contributed by atoms with Gasteiger partial charge in [-0.1, -0.05) is 18.2 Å². The molecule has 0 spiro atoms. The predicted octanol–water partition coefficient (Wildman–Crippen LogP) is 1.98. The van der Waals surface area contributed by atoms with Crippen LogP contribution in [0, 0.1) is 19.8 Å². The molecule has 0 radical (unpaired) electrons. The Kier molecular flexibility index (Phi) is 3.76. The van der Waals surface area contributed by atoms with Crippen LogP contribution >= 0.6 is 0 Å². The highest BCUT2D eigenvalue weighted by Crippen LogP contribution is 2.26. The van der Waals surface area contributed by atoms with Crippen LogP contribution in [0.5, 0.6) is 5.75 Å². The average Bonchev–Trinajstić information content (AvgIpc) is 2.83. The molecule has 0 unspecified atom stereocenters. The van der Waals surface area contributed by atoms with Crippen molar-refractivity contribution in [3.63, 3.8) is 0 Å². The van der Waals surface area contributed by atoms with E-state index in [1.807, 2.05) is 0 Å². The van der Waals surface area contributed by atoms with E-state index in [2.05, 4.69) is 42.3 Å². The summed E-state index contributed by atoms with van der Waals surface area (Å²) in [5, 5.41) is 3.43. The maximum absolute atomic E-state index is 6.15. The normalized spacial score (nSPS) is 24.4. The van der Waals surface area contributed by atoms with Gasteiger partial charge in [-0.3, -0.25) is 4.90 Å². The number of likely N-dealkylation sites (tertiary alicyclic amines) is 1. The Morgan fingerprint density at radius 1 is 1.26 bits per heavy atom. The highest BCUT2D eigenvalue weighted by Gasteiger charge is 2.31. The van der Waals surface area contributed by atoms with Gasteiger partial charge in [-0.2, -0.15) is 0 Å². The standard InChI is InChI=1S/C16H24N2O/c1-12-4-3-5-13(2)16(12)19-15-10-18(11-15)9-14-6-7-17-8-14/h3-5,14-15,17H,6-11H2,1-2H3/t14-/m1/s1. The average molecular weight is 260 g/mol. The Labute approximate surface area is 115 Å². The fourth-order valence-corrected chi connectivity index (χ4v) is 3.13. The Bertz CT molecular complexity index is 414. The van der Waals surface area contributed by atoms with Crippen molar-refractivity contribution in [2.24, 2.45) is 5.92 Å². The fraction of sp³-hybridized carbons (Fsp3) is 0.625. The molecule has 1 aromatic rings. The Hall–Kier alpha value is -1.06. The van der Waals surface area contributed by atoms with E-state index in [0.717, 1.165) is 24.8 Å². The van der Waals surface area contributed by atoms with Crippen LogP contribution in [0.4, 0.5) is 0 Å². The molecule has 2 fully saturated rings. The summed E-state index contributed by atoms with van der Waals surface area (Å²) >= 11 is 0. The van der Waals surface area contributed by atoms with Crippen LogP contribution in [0.25, 0.3) is 0 Å². The van der Waals surface area contributed by atoms with Crippen molar-refractivity contribution in [3.05, 3.63) is 29.3 Å². The smallest absolute Gasteiger partial charge is 0.125 e. The van der Waals surface area contributed by atoms with Crippen molar-refractivity contribution < 1.29 is 4.74 Å². The molecule has 0 aliphatic carbocycles. The maximum atomic E-state index is 6.15. The van der Waals surface area contributed by atoms with Crippen LogP contribution in [0.1, 0.15) is 17.5 Å². The fourth-order valence-electron chi connectivity index (χ4n) is 3.13. The van der Waals surface area contributed by atoms with Crippen LogP contribution < -0.4 is 10.1 Å². The van der Waals surface area contributed by atoms with Crippen molar-refractivity contribution in [3.8, 4) is 5.75 Å². The number of benzene rings is 1. The van der Waals surface area contributed by atoms with Crippen LogP contribution in [0.3, 0.4) is 0 Å². The van der Waals surface area contributed by atoms with Crippen molar-refractivity contribution in [1.82, 2.24) is 10.2 Å². The Morgan fingerprint density at radius 2 is 2.00 bits per heavy atom. The number of para-hydroxylation sites is 1. The summed E-state index contributed by atoms with van der Waals surface area (Å²) in [5.41, 5.74) is 2.50.